The van der Waals surface area contributed by atoms with Crippen molar-refractivity contribution in [3.05, 3.63) is 52.0 Å². The lowest BCUT2D eigenvalue weighted by atomic mass is 10.2. The molecule has 7 heteroatoms. The van der Waals surface area contributed by atoms with Gasteiger partial charge in [0.2, 0.25) is 5.91 Å². The number of rotatable bonds is 10. The van der Waals surface area contributed by atoms with Gasteiger partial charge in [0.1, 0.15) is 0 Å². The maximum Gasteiger partial charge on any atom is 0.251 e. The normalized spacial score (nSPS) is 10.3. The van der Waals surface area contributed by atoms with Crippen LogP contribution in [0.4, 0.5) is 5.69 Å². The molecule has 2 N–H and O–H groups in total. The molecule has 0 fully saturated rings. The van der Waals surface area contributed by atoms with E-state index in [4.69, 9.17) is 9.47 Å². The maximum absolute atomic E-state index is 12.4. The lowest BCUT2D eigenvalue weighted by Crippen LogP contribution is -2.27. The Morgan fingerprint density at radius 2 is 1.90 bits per heavy atom. The number of hydrogen-bond acceptors (Lipinski definition) is 4. The van der Waals surface area contributed by atoms with Crippen LogP contribution in [0.25, 0.3) is 0 Å². The average Bonchev–Trinajstić information content (AvgIpc) is 2.71. The van der Waals surface area contributed by atoms with Crippen LogP contribution in [0.3, 0.4) is 0 Å². The fraction of sp³-hybridized carbons (Fsp3) is 0.364. The summed E-state index contributed by atoms with van der Waals surface area (Å²) < 4.78 is 11.9. The Bertz CT molecular complexity index is 855. The predicted molar refractivity (Wildman–Crippen MR) is 118 cm³/mol. The van der Waals surface area contributed by atoms with E-state index in [1.807, 2.05) is 25.1 Å². The third-order valence-electron chi connectivity index (χ3n) is 4.29. The Balaban J connectivity index is 1.86. The molecule has 2 aromatic carbocycles. The van der Waals surface area contributed by atoms with Gasteiger partial charge in [0.05, 0.1) is 13.7 Å². The second kappa shape index (κ2) is 11.5. The number of methoxy groups -OCH3 is 1. The van der Waals surface area contributed by atoms with Crippen molar-refractivity contribution in [3.8, 4) is 11.5 Å². The lowest BCUT2D eigenvalue weighted by Gasteiger charge is -2.12. The van der Waals surface area contributed by atoms with Gasteiger partial charge in [0, 0.05) is 28.7 Å². The second-order valence-corrected chi connectivity index (χ2v) is 7.50. The zero-order valence-corrected chi connectivity index (χ0v) is 18.6. The van der Waals surface area contributed by atoms with Crippen LogP contribution < -0.4 is 20.1 Å². The van der Waals surface area contributed by atoms with Crippen molar-refractivity contribution in [1.82, 2.24) is 5.32 Å². The van der Waals surface area contributed by atoms with Gasteiger partial charge >= 0.3 is 0 Å². The number of benzene rings is 2. The van der Waals surface area contributed by atoms with Gasteiger partial charge < -0.3 is 20.1 Å². The first kappa shape index (κ1) is 22.7. The van der Waals surface area contributed by atoms with Crippen LogP contribution >= 0.6 is 15.9 Å². The van der Waals surface area contributed by atoms with Gasteiger partial charge in [-0.2, -0.15) is 0 Å². The summed E-state index contributed by atoms with van der Waals surface area (Å²) in [5.74, 6) is 0.691. The van der Waals surface area contributed by atoms with Crippen molar-refractivity contribution in [1.29, 1.82) is 0 Å². The van der Waals surface area contributed by atoms with E-state index >= 15 is 0 Å². The smallest absolute Gasteiger partial charge is 0.251 e. The number of aryl methyl sites for hydroxylation is 1. The molecule has 2 amide bonds. The fourth-order valence-electron chi connectivity index (χ4n) is 2.59. The molecule has 0 saturated carbocycles. The molecular weight excluding hydrogens is 436 g/mol. The molecule has 0 radical (unpaired) electrons. The molecule has 0 spiro atoms. The van der Waals surface area contributed by atoms with Gasteiger partial charge in [-0.25, -0.2) is 0 Å². The van der Waals surface area contributed by atoms with E-state index < -0.39 is 0 Å². The standard InChI is InChI=1S/C22H27BrN2O4/c1-4-5-12-29-19-9-7-16(13-20(19)28-3)22(27)24-11-10-21(26)25-18-14-17(23)8-6-15(18)2/h6-9,13-14H,4-5,10-12H2,1-3H3,(H,24,27)(H,25,26). The topological polar surface area (TPSA) is 76.7 Å². The SMILES string of the molecule is CCCCOc1ccc(C(=O)NCCC(=O)Nc2cc(Br)ccc2C)cc1OC. The van der Waals surface area contributed by atoms with E-state index in [2.05, 4.69) is 33.5 Å². The van der Waals surface area contributed by atoms with E-state index in [9.17, 15) is 9.59 Å². The average molecular weight is 463 g/mol. The summed E-state index contributed by atoms with van der Waals surface area (Å²) in [5.41, 5.74) is 2.17. The van der Waals surface area contributed by atoms with Crippen LogP contribution in [0.2, 0.25) is 0 Å². The van der Waals surface area contributed by atoms with Gasteiger partial charge in [0.15, 0.2) is 11.5 Å². The van der Waals surface area contributed by atoms with E-state index in [1.165, 1.54) is 7.11 Å². The minimum Gasteiger partial charge on any atom is -0.493 e. The van der Waals surface area contributed by atoms with E-state index in [-0.39, 0.29) is 24.8 Å². The molecular formula is C22H27BrN2O4. The third-order valence-corrected chi connectivity index (χ3v) is 4.79. The van der Waals surface area contributed by atoms with Crippen LogP contribution in [0.5, 0.6) is 11.5 Å². The monoisotopic (exact) mass is 462 g/mol. The molecule has 2 rings (SSSR count). The maximum atomic E-state index is 12.4. The third kappa shape index (κ3) is 7.09. The first-order chi connectivity index (χ1) is 13.9. The van der Waals surface area contributed by atoms with Gasteiger partial charge in [-0.1, -0.05) is 35.3 Å². The number of nitrogens with one attached hydrogen (secondary N) is 2. The number of ether oxygens (including phenoxy) is 2. The molecule has 0 bridgehead atoms. The highest BCUT2D eigenvalue weighted by atomic mass is 79.9. The second-order valence-electron chi connectivity index (χ2n) is 6.58. The number of unbranched alkanes of at least 4 members (excludes halogenated alkanes) is 1. The predicted octanol–water partition coefficient (Wildman–Crippen LogP) is 4.70. The minimum atomic E-state index is -0.269. The van der Waals surface area contributed by atoms with Crippen LogP contribution in [0, 0.1) is 6.92 Å². The highest BCUT2D eigenvalue weighted by Crippen LogP contribution is 2.28. The van der Waals surface area contributed by atoms with Crippen molar-refractivity contribution in [3.63, 3.8) is 0 Å². The number of carbonyl (C=O) groups excluding carboxylic acids is 2. The molecule has 0 aromatic heterocycles. The summed E-state index contributed by atoms with van der Waals surface area (Å²) in [4.78, 5) is 24.5. The van der Waals surface area contributed by atoms with Crippen molar-refractivity contribution < 1.29 is 19.1 Å². The van der Waals surface area contributed by atoms with E-state index in [0.29, 0.717) is 23.7 Å². The molecule has 0 unspecified atom stereocenters. The highest BCUT2D eigenvalue weighted by molar-refractivity contribution is 9.10. The van der Waals surface area contributed by atoms with Crippen molar-refractivity contribution in [2.45, 2.75) is 33.1 Å². The molecule has 0 aliphatic rings. The first-order valence-electron chi connectivity index (χ1n) is 9.59. The molecule has 156 valence electrons. The van der Waals surface area contributed by atoms with E-state index in [1.54, 1.807) is 18.2 Å². The Labute approximate surface area is 180 Å². The zero-order chi connectivity index (χ0) is 21.2. The Morgan fingerprint density at radius 3 is 2.62 bits per heavy atom. The van der Waals surface area contributed by atoms with Gasteiger partial charge in [-0.15, -0.1) is 0 Å². The summed E-state index contributed by atoms with van der Waals surface area (Å²) in [6.07, 6.45) is 2.16. The van der Waals surface area contributed by atoms with Gasteiger partial charge in [-0.3, -0.25) is 9.59 Å². The molecule has 0 aliphatic heterocycles. The molecule has 0 aliphatic carbocycles. The summed E-state index contributed by atoms with van der Waals surface area (Å²) in [7, 11) is 1.54. The molecule has 29 heavy (non-hydrogen) atoms. The quantitative estimate of drug-likeness (QED) is 0.501. The minimum absolute atomic E-state index is 0.163. The fourth-order valence-corrected chi connectivity index (χ4v) is 2.95. The first-order valence-corrected chi connectivity index (χ1v) is 10.4. The Hall–Kier alpha value is -2.54. The Kier molecular flexibility index (Phi) is 8.99. The molecule has 0 heterocycles. The Morgan fingerprint density at radius 1 is 1.10 bits per heavy atom. The van der Waals surface area contributed by atoms with Crippen LogP contribution in [0.15, 0.2) is 40.9 Å². The van der Waals surface area contributed by atoms with Crippen molar-refractivity contribution in [2.75, 3.05) is 25.6 Å². The highest BCUT2D eigenvalue weighted by Gasteiger charge is 2.12. The summed E-state index contributed by atoms with van der Waals surface area (Å²) in [6.45, 7) is 4.85. The molecule has 0 atom stereocenters. The van der Waals surface area contributed by atoms with Gasteiger partial charge in [-0.05, 0) is 49.2 Å². The van der Waals surface area contributed by atoms with Crippen LogP contribution in [-0.2, 0) is 4.79 Å². The van der Waals surface area contributed by atoms with Crippen LogP contribution in [0.1, 0.15) is 42.1 Å². The van der Waals surface area contributed by atoms with Crippen molar-refractivity contribution in [2.24, 2.45) is 0 Å². The molecule has 0 saturated heterocycles. The van der Waals surface area contributed by atoms with Gasteiger partial charge in [0.25, 0.3) is 5.91 Å². The summed E-state index contributed by atoms with van der Waals surface area (Å²) in [5, 5.41) is 5.62. The number of carbonyl (C=O) groups is 2. The van der Waals surface area contributed by atoms with Crippen molar-refractivity contribution >= 4 is 33.4 Å². The number of halogens is 1. The molecule has 6 nitrogen and oxygen atoms in total. The number of anilines is 1. The van der Waals surface area contributed by atoms with E-state index in [0.717, 1.165) is 28.6 Å². The number of hydrogen-bond donors (Lipinski definition) is 2. The lowest BCUT2D eigenvalue weighted by molar-refractivity contribution is -0.116. The number of amides is 2. The summed E-state index contributed by atoms with van der Waals surface area (Å²) in [6, 6.07) is 10.7. The summed E-state index contributed by atoms with van der Waals surface area (Å²) >= 11 is 3.39. The largest absolute Gasteiger partial charge is 0.493 e. The zero-order valence-electron chi connectivity index (χ0n) is 17.0. The molecule has 2 aromatic rings. The van der Waals surface area contributed by atoms with Crippen LogP contribution in [-0.4, -0.2) is 32.1 Å².